The number of nitrogens with two attached hydrogens (primary N) is 2. The minimum atomic E-state index is -0.602. The average molecular weight is 243 g/mol. The highest BCUT2D eigenvalue weighted by atomic mass is 16.2. The van der Waals surface area contributed by atoms with Crippen molar-refractivity contribution in [2.24, 2.45) is 23.3 Å². The first-order valence-corrected chi connectivity index (χ1v) is 6.17. The number of nitrogens with one attached hydrogen (secondary N) is 1. The van der Waals surface area contributed by atoms with Crippen molar-refractivity contribution in [1.29, 1.82) is 0 Å². The van der Waals surface area contributed by atoms with Gasteiger partial charge in [0.15, 0.2) is 0 Å². The van der Waals surface area contributed by atoms with E-state index in [9.17, 15) is 9.59 Å². The van der Waals surface area contributed by atoms with Gasteiger partial charge < -0.3 is 16.8 Å². The van der Waals surface area contributed by atoms with Crippen molar-refractivity contribution in [2.45, 2.75) is 46.1 Å². The van der Waals surface area contributed by atoms with E-state index in [0.717, 1.165) is 12.8 Å². The van der Waals surface area contributed by atoms with Crippen molar-refractivity contribution >= 4 is 11.8 Å². The Morgan fingerprint density at radius 1 is 1.18 bits per heavy atom. The lowest BCUT2D eigenvalue weighted by Gasteiger charge is -2.20. The highest BCUT2D eigenvalue weighted by Gasteiger charge is 2.16. The minimum Gasteiger partial charge on any atom is -0.368 e. The van der Waals surface area contributed by atoms with Gasteiger partial charge in [-0.2, -0.15) is 0 Å². The van der Waals surface area contributed by atoms with Crippen LogP contribution in [0.5, 0.6) is 0 Å². The van der Waals surface area contributed by atoms with Crippen LogP contribution in [0.2, 0.25) is 0 Å². The molecule has 0 bridgehead atoms. The Morgan fingerprint density at radius 3 is 2.18 bits per heavy atom. The van der Waals surface area contributed by atoms with Crippen LogP contribution in [0.4, 0.5) is 0 Å². The Hall–Kier alpha value is -1.10. The van der Waals surface area contributed by atoms with Crippen LogP contribution in [0.25, 0.3) is 0 Å². The molecular formula is C12H25N3O2. The summed E-state index contributed by atoms with van der Waals surface area (Å²) in [6, 6.07) is -0.602. The molecule has 0 aromatic heterocycles. The van der Waals surface area contributed by atoms with E-state index >= 15 is 0 Å². The van der Waals surface area contributed by atoms with E-state index in [4.69, 9.17) is 11.5 Å². The molecule has 2 amide bonds. The molecule has 0 spiro atoms. The molecule has 0 aliphatic heterocycles. The van der Waals surface area contributed by atoms with Gasteiger partial charge in [0.05, 0.1) is 0 Å². The zero-order valence-corrected chi connectivity index (χ0v) is 11.0. The summed E-state index contributed by atoms with van der Waals surface area (Å²) in [7, 11) is 0. The Kier molecular flexibility index (Phi) is 7.54. The smallest absolute Gasteiger partial charge is 0.239 e. The van der Waals surface area contributed by atoms with Crippen molar-refractivity contribution in [3.05, 3.63) is 0 Å². The summed E-state index contributed by atoms with van der Waals surface area (Å²) < 4.78 is 0. The zero-order chi connectivity index (χ0) is 13.4. The summed E-state index contributed by atoms with van der Waals surface area (Å²) in [5, 5.41) is 2.57. The van der Waals surface area contributed by atoms with Gasteiger partial charge in [-0.1, -0.05) is 13.8 Å². The highest BCUT2D eigenvalue weighted by molar-refractivity contribution is 5.86. The second-order valence-electron chi connectivity index (χ2n) is 4.81. The van der Waals surface area contributed by atoms with Crippen molar-refractivity contribution in [1.82, 2.24) is 5.32 Å². The predicted molar refractivity (Wildman–Crippen MR) is 68.0 cm³/mol. The number of hydrogen-bond acceptors (Lipinski definition) is 3. The monoisotopic (exact) mass is 243 g/mol. The van der Waals surface area contributed by atoms with E-state index in [0.29, 0.717) is 24.8 Å². The number of carbonyl (C=O) groups excluding carboxylic acids is 2. The molecule has 0 aromatic carbocycles. The largest absolute Gasteiger partial charge is 0.368 e. The van der Waals surface area contributed by atoms with E-state index in [1.165, 1.54) is 0 Å². The SMILES string of the molecule is CC(NC(=O)CCC(CCN)C(C)C)C(N)=O. The Morgan fingerprint density at radius 2 is 1.76 bits per heavy atom. The number of carbonyl (C=O) groups is 2. The summed E-state index contributed by atoms with van der Waals surface area (Å²) in [5.74, 6) is 0.328. The van der Waals surface area contributed by atoms with Crippen LogP contribution in [0.1, 0.15) is 40.0 Å². The van der Waals surface area contributed by atoms with E-state index < -0.39 is 11.9 Å². The first-order chi connectivity index (χ1) is 7.88. The van der Waals surface area contributed by atoms with Crippen LogP contribution in [0.3, 0.4) is 0 Å². The molecule has 0 aliphatic carbocycles. The molecule has 5 nitrogen and oxygen atoms in total. The molecule has 0 heterocycles. The fourth-order valence-corrected chi connectivity index (χ4v) is 1.73. The first-order valence-electron chi connectivity index (χ1n) is 6.17. The fourth-order valence-electron chi connectivity index (χ4n) is 1.73. The summed E-state index contributed by atoms with van der Waals surface area (Å²) in [4.78, 5) is 22.3. The molecule has 5 heteroatoms. The number of amides is 2. The van der Waals surface area contributed by atoms with Gasteiger partial charge in [0, 0.05) is 6.42 Å². The Labute approximate surface area is 103 Å². The second kappa shape index (κ2) is 8.06. The summed E-state index contributed by atoms with van der Waals surface area (Å²) >= 11 is 0. The van der Waals surface area contributed by atoms with Gasteiger partial charge in [-0.3, -0.25) is 9.59 Å². The van der Waals surface area contributed by atoms with Gasteiger partial charge in [0.1, 0.15) is 6.04 Å². The Balaban J connectivity index is 4.00. The molecule has 2 unspecified atom stereocenters. The van der Waals surface area contributed by atoms with Crippen molar-refractivity contribution in [3.63, 3.8) is 0 Å². The maximum Gasteiger partial charge on any atom is 0.239 e. The second-order valence-corrected chi connectivity index (χ2v) is 4.81. The predicted octanol–water partition coefficient (Wildman–Crippen LogP) is 0.378. The topological polar surface area (TPSA) is 98.2 Å². The molecule has 0 rings (SSSR count). The molecule has 0 fully saturated rings. The van der Waals surface area contributed by atoms with Crippen LogP contribution in [0, 0.1) is 11.8 Å². The molecule has 0 radical (unpaired) electrons. The third-order valence-corrected chi connectivity index (χ3v) is 3.03. The summed E-state index contributed by atoms with van der Waals surface area (Å²) in [6.07, 6.45) is 2.14. The number of rotatable bonds is 8. The van der Waals surface area contributed by atoms with E-state index in [-0.39, 0.29) is 5.91 Å². The summed E-state index contributed by atoms with van der Waals surface area (Å²) in [6.45, 7) is 6.48. The van der Waals surface area contributed by atoms with Gasteiger partial charge in [0.2, 0.25) is 11.8 Å². The molecule has 5 N–H and O–H groups in total. The molecule has 0 saturated heterocycles. The molecule has 100 valence electrons. The Bertz CT molecular complexity index is 254. The molecule has 2 atom stereocenters. The van der Waals surface area contributed by atoms with E-state index in [1.807, 2.05) is 0 Å². The fraction of sp³-hybridized carbons (Fsp3) is 0.833. The molecule has 0 aromatic rings. The lowest BCUT2D eigenvalue weighted by atomic mass is 9.88. The third-order valence-electron chi connectivity index (χ3n) is 3.03. The van der Waals surface area contributed by atoms with Crippen molar-refractivity contribution in [3.8, 4) is 0 Å². The van der Waals surface area contributed by atoms with E-state index in [2.05, 4.69) is 19.2 Å². The van der Waals surface area contributed by atoms with Crippen LogP contribution in [-0.2, 0) is 9.59 Å². The normalized spacial score (nSPS) is 14.4. The van der Waals surface area contributed by atoms with Crippen LogP contribution < -0.4 is 16.8 Å². The molecule has 0 aliphatic rings. The molecule has 0 saturated carbocycles. The average Bonchev–Trinajstić information content (AvgIpc) is 2.23. The maximum absolute atomic E-state index is 11.5. The van der Waals surface area contributed by atoms with Gasteiger partial charge in [0.25, 0.3) is 0 Å². The van der Waals surface area contributed by atoms with Crippen molar-refractivity contribution < 1.29 is 9.59 Å². The minimum absolute atomic E-state index is 0.126. The van der Waals surface area contributed by atoms with Crippen molar-refractivity contribution in [2.75, 3.05) is 6.54 Å². The maximum atomic E-state index is 11.5. The zero-order valence-electron chi connectivity index (χ0n) is 11.0. The lowest BCUT2D eigenvalue weighted by molar-refractivity contribution is -0.127. The molecular weight excluding hydrogens is 218 g/mol. The van der Waals surface area contributed by atoms with Crippen LogP contribution >= 0.6 is 0 Å². The van der Waals surface area contributed by atoms with Gasteiger partial charge in [-0.15, -0.1) is 0 Å². The van der Waals surface area contributed by atoms with Crippen LogP contribution in [-0.4, -0.2) is 24.4 Å². The first kappa shape index (κ1) is 15.9. The number of primary amides is 1. The van der Waals surface area contributed by atoms with Gasteiger partial charge >= 0.3 is 0 Å². The summed E-state index contributed by atoms with van der Waals surface area (Å²) in [5.41, 5.74) is 10.6. The third kappa shape index (κ3) is 6.94. The molecule has 17 heavy (non-hydrogen) atoms. The van der Waals surface area contributed by atoms with Gasteiger partial charge in [-0.05, 0) is 38.1 Å². The van der Waals surface area contributed by atoms with Gasteiger partial charge in [-0.25, -0.2) is 0 Å². The van der Waals surface area contributed by atoms with Crippen LogP contribution in [0.15, 0.2) is 0 Å². The highest BCUT2D eigenvalue weighted by Crippen LogP contribution is 2.20. The quantitative estimate of drug-likeness (QED) is 0.574. The number of hydrogen-bond donors (Lipinski definition) is 3. The standard InChI is InChI=1S/C12H25N3O2/c1-8(2)10(6-7-13)4-5-11(16)15-9(3)12(14)17/h8-10H,4-7,13H2,1-3H3,(H2,14,17)(H,15,16). The van der Waals surface area contributed by atoms with E-state index in [1.54, 1.807) is 6.92 Å². The lowest BCUT2D eigenvalue weighted by Crippen LogP contribution is -2.42.